The normalized spacial score (nSPS) is 18.8. The van der Waals surface area contributed by atoms with Crippen molar-refractivity contribution in [2.45, 2.75) is 50.3 Å². The monoisotopic (exact) mass is 264 g/mol. The summed E-state index contributed by atoms with van der Waals surface area (Å²) in [5.74, 6) is 0. The molecule has 1 saturated carbocycles. The molecule has 2 rings (SSSR count). The van der Waals surface area contributed by atoms with Crippen LogP contribution in [0.2, 0.25) is 0 Å². The van der Waals surface area contributed by atoms with E-state index in [0.29, 0.717) is 4.75 Å². The van der Waals surface area contributed by atoms with Crippen LogP contribution in [0.25, 0.3) is 0 Å². The van der Waals surface area contributed by atoms with Crippen molar-refractivity contribution in [3.05, 3.63) is 29.6 Å². The van der Waals surface area contributed by atoms with Gasteiger partial charge in [-0.3, -0.25) is 4.98 Å². The standard InChI is InChI=1S/C15H24N2S/c1-13-7-6-10-17-14(13)11-16-12-15(18-2)8-4-3-5-9-15/h6-7,10,16H,3-5,8-9,11-12H2,1-2H3. The van der Waals surface area contributed by atoms with Crippen molar-refractivity contribution < 1.29 is 0 Å². The molecule has 1 heterocycles. The summed E-state index contributed by atoms with van der Waals surface area (Å²) in [4.78, 5) is 4.44. The number of rotatable bonds is 5. The quantitative estimate of drug-likeness (QED) is 0.880. The minimum Gasteiger partial charge on any atom is -0.310 e. The van der Waals surface area contributed by atoms with E-state index in [-0.39, 0.29) is 0 Å². The molecule has 0 saturated heterocycles. The van der Waals surface area contributed by atoms with E-state index in [1.54, 1.807) is 0 Å². The van der Waals surface area contributed by atoms with E-state index in [9.17, 15) is 0 Å². The zero-order valence-electron chi connectivity index (χ0n) is 11.5. The Hall–Kier alpha value is -0.540. The average Bonchev–Trinajstić information content (AvgIpc) is 2.42. The predicted molar refractivity (Wildman–Crippen MR) is 80.0 cm³/mol. The predicted octanol–water partition coefficient (Wildman–Crippen LogP) is 3.55. The second-order valence-corrected chi connectivity index (χ2v) is 6.59. The topological polar surface area (TPSA) is 24.9 Å². The van der Waals surface area contributed by atoms with Gasteiger partial charge in [0.05, 0.1) is 5.69 Å². The molecule has 0 aromatic carbocycles. The Bertz CT molecular complexity index is 373. The van der Waals surface area contributed by atoms with Crippen molar-refractivity contribution in [2.24, 2.45) is 0 Å². The molecule has 1 aromatic rings. The molecule has 100 valence electrons. The van der Waals surface area contributed by atoms with Crippen molar-refractivity contribution >= 4 is 11.8 Å². The van der Waals surface area contributed by atoms with Crippen LogP contribution in [0.1, 0.15) is 43.4 Å². The highest BCUT2D eigenvalue weighted by atomic mass is 32.2. The Morgan fingerprint density at radius 2 is 2.11 bits per heavy atom. The van der Waals surface area contributed by atoms with Gasteiger partial charge < -0.3 is 5.32 Å². The number of thioether (sulfide) groups is 1. The van der Waals surface area contributed by atoms with Gasteiger partial charge in [0.25, 0.3) is 0 Å². The highest BCUT2D eigenvalue weighted by Crippen LogP contribution is 2.37. The van der Waals surface area contributed by atoms with E-state index in [2.05, 4.69) is 29.5 Å². The van der Waals surface area contributed by atoms with Gasteiger partial charge >= 0.3 is 0 Å². The Kier molecular flexibility index (Phi) is 5.07. The van der Waals surface area contributed by atoms with Crippen LogP contribution in [-0.4, -0.2) is 22.5 Å². The second-order valence-electron chi connectivity index (χ2n) is 5.32. The molecular formula is C15H24N2S. The number of nitrogens with one attached hydrogen (secondary N) is 1. The average molecular weight is 264 g/mol. The van der Waals surface area contributed by atoms with Crippen LogP contribution < -0.4 is 5.32 Å². The first-order chi connectivity index (χ1) is 8.76. The summed E-state index contributed by atoms with van der Waals surface area (Å²) in [5, 5.41) is 3.62. The first-order valence-corrected chi connectivity index (χ1v) is 8.15. The van der Waals surface area contributed by atoms with Gasteiger partial charge in [-0.15, -0.1) is 0 Å². The van der Waals surface area contributed by atoms with Crippen LogP contribution in [0.5, 0.6) is 0 Å². The second kappa shape index (κ2) is 6.58. The number of pyridine rings is 1. The zero-order chi connectivity index (χ0) is 12.8. The Morgan fingerprint density at radius 3 is 2.78 bits per heavy atom. The smallest absolute Gasteiger partial charge is 0.0570 e. The fourth-order valence-corrected chi connectivity index (χ4v) is 3.70. The molecule has 0 unspecified atom stereocenters. The first-order valence-electron chi connectivity index (χ1n) is 6.92. The highest BCUT2D eigenvalue weighted by Gasteiger charge is 2.30. The van der Waals surface area contributed by atoms with Crippen molar-refractivity contribution in [1.82, 2.24) is 10.3 Å². The van der Waals surface area contributed by atoms with Gasteiger partial charge in [0, 0.05) is 24.0 Å². The summed E-state index contributed by atoms with van der Waals surface area (Å²) in [7, 11) is 0. The highest BCUT2D eigenvalue weighted by molar-refractivity contribution is 8.00. The molecule has 0 aliphatic heterocycles. The molecule has 0 atom stereocenters. The summed E-state index contributed by atoms with van der Waals surface area (Å²) in [6, 6.07) is 4.14. The maximum absolute atomic E-state index is 4.44. The number of hydrogen-bond acceptors (Lipinski definition) is 3. The molecule has 2 nitrogen and oxygen atoms in total. The Balaban J connectivity index is 1.85. The van der Waals surface area contributed by atoms with E-state index in [0.717, 1.165) is 13.1 Å². The number of hydrogen-bond donors (Lipinski definition) is 1. The minimum absolute atomic E-state index is 0.473. The summed E-state index contributed by atoms with van der Waals surface area (Å²) < 4.78 is 0.473. The first kappa shape index (κ1) is 13.9. The van der Waals surface area contributed by atoms with Gasteiger partial charge in [0.2, 0.25) is 0 Å². The number of nitrogens with zero attached hydrogens (tertiary/aromatic N) is 1. The molecular weight excluding hydrogens is 240 g/mol. The molecule has 1 fully saturated rings. The van der Waals surface area contributed by atoms with E-state index >= 15 is 0 Å². The van der Waals surface area contributed by atoms with Crippen LogP contribution in [0.3, 0.4) is 0 Å². The maximum Gasteiger partial charge on any atom is 0.0570 e. The molecule has 1 aliphatic rings. The van der Waals surface area contributed by atoms with Crippen LogP contribution in [0, 0.1) is 6.92 Å². The van der Waals surface area contributed by atoms with Gasteiger partial charge in [-0.2, -0.15) is 11.8 Å². The third-order valence-corrected chi connectivity index (χ3v) is 5.47. The van der Waals surface area contributed by atoms with E-state index < -0.39 is 0 Å². The third-order valence-electron chi connectivity index (χ3n) is 4.06. The lowest BCUT2D eigenvalue weighted by Gasteiger charge is -2.36. The molecule has 0 bridgehead atoms. The summed E-state index contributed by atoms with van der Waals surface area (Å²) in [6.07, 6.45) is 11.1. The van der Waals surface area contributed by atoms with E-state index in [1.807, 2.05) is 24.0 Å². The number of aromatic nitrogens is 1. The van der Waals surface area contributed by atoms with Gasteiger partial charge in [0.1, 0.15) is 0 Å². The van der Waals surface area contributed by atoms with Gasteiger partial charge in [-0.25, -0.2) is 0 Å². The molecule has 1 N–H and O–H groups in total. The molecule has 1 aliphatic carbocycles. The fraction of sp³-hybridized carbons (Fsp3) is 0.667. The molecule has 1 aromatic heterocycles. The maximum atomic E-state index is 4.44. The van der Waals surface area contributed by atoms with E-state index in [1.165, 1.54) is 43.4 Å². The van der Waals surface area contributed by atoms with Crippen LogP contribution >= 0.6 is 11.8 Å². The Labute approximate surface area is 115 Å². The molecule has 0 radical (unpaired) electrons. The largest absolute Gasteiger partial charge is 0.310 e. The summed E-state index contributed by atoms with van der Waals surface area (Å²) >= 11 is 2.05. The van der Waals surface area contributed by atoms with Crippen molar-refractivity contribution in [1.29, 1.82) is 0 Å². The van der Waals surface area contributed by atoms with Crippen LogP contribution in [-0.2, 0) is 6.54 Å². The van der Waals surface area contributed by atoms with Crippen molar-refractivity contribution in [2.75, 3.05) is 12.8 Å². The van der Waals surface area contributed by atoms with Crippen LogP contribution in [0.15, 0.2) is 18.3 Å². The van der Waals surface area contributed by atoms with E-state index in [4.69, 9.17) is 0 Å². The SMILES string of the molecule is CSC1(CNCc2ncccc2C)CCCCC1. The fourth-order valence-electron chi connectivity index (χ4n) is 2.76. The van der Waals surface area contributed by atoms with Crippen LogP contribution in [0.4, 0.5) is 0 Å². The Morgan fingerprint density at radius 1 is 1.33 bits per heavy atom. The number of aryl methyl sites for hydroxylation is 1. The minimum atomic E-state index is 0.473. The lowest BCUT2D eigenvalue weighted by atomic mass is 9.88. The van der Waals surface area contributed by atoms with Gasteiger partial charge in [-0.05, 0) is 37.7 Å². The lowest BCUT2D eigenvalue weighted by molar-refractivity contribution is 0.378. The third kappa shape index (κ3) is 3.48. The van der Waals surface area contributed by atoms with Gasteiger partial charge in [0.15, 0.2) is 0 Å². The molecule has 0 amide bonds. The van der Waals surface area contributed by atoms with Crippen molar-refractivity contribution in [3.8, 4) is 0 Å². The summed E-state index contributed by atoms with van der Waals surface area (Å²) in [5.41, 5.74) is 2.47. The van der Waals surface area contributed by atoms with Crippen molar-refractivity contribution in [3.63, 3.8) is 0 Å². The molecule has 3 heteroatoms. The van der Waals surface area contributed by atoms with Gasteiger partial charge in [-0.1, -0.05) is 25.3 Å². The molecule has 0 spiro atoms. The zero-order valence-corrected chi connectivity index (χ0v) is 12.4. The molecule has 18 heavy (non-hydrogen) atoms. The summed E-state index contributed by atoms with van der Waals surface area (Å²) in [6.45, 7) is 4.15. The lowest BCUT2D eigenvalue weighted by Crippen LogP contribution is -2.39.